The van der Waals surface area contributed by atoms with Gasteiger partial charge in [0, 0.05) is 13.0 Å². The minimum absolute atomic E-state index is 0.0239. The van der Waals surface area contributed by atoms with Gasteiger partial charge in [-0.3, -0.25) is 9.59 Å². The summed E-state index contributed by atoms with van der Waals surface area (Å²) in [6, 6.07) is 2.86. The van der Waals surface area contributed by atoms with E-state index in [1.807, 2.05) is 6.92 Å². The Labute approximate surface area is 128 Å². The molecule has 0 aliphatic heterocycles. The molecule has 0 saturated heterocycles. The first-order chi connectivity index (χ1) is 10.1. The number of aliphatic hydroxyl groups is 1. The van der Waals surface area contributed by atoms with Crippen molar-refractivity contribution in [3.05, 3.63) is 21.9 Å². The lowest BCUT2D eigenvalue weighted by Crippen LogP contribution is -2.44. The fraction of sp³-hybridized carbons (Fsp3) is 0.467. The summed E-state index contributed by atoms with van der Waals surface area (Å²) in [5, 5.41) is 14.0. The number of thiophene rings is 1. The normalized spacial score (nSPS) is 11.2. The van der Waals surface area contributed by atoms with Gasteiger partial charge < -0.3 is 15.7 Å². The Morgan fingerprint density at radius 2 is 2.19 bits per heavy atom. The minimum Gasteiger partial charge on any atom is -0.395 e. The second-order valence-electron chi connectivity index (χ2n) is 4.43. The van der Waals surface area contributed by atoms with Crippen LogP contribution in [0.3, 0.4) is 0 Å². The molecule has 1 atom stereocenters. The smallest absolute Gasteiger partial charge is 0.262 e. The van der Waals surface area contributed by atoms with Crippen LogP contribution >= 0.6 is 11.3 Å². The lowest BCUT2D eigenvalue weighted by molar-refractivity contribution is -0.122. The first-order valence-electron chi connectivity index (χ1n) is 6.86. The van der Waals surface area contributed by atoms with E-state index in [1.54, 1.807) is 19.1 Å². The van der Waals surface area contributed by atoms with Crippen LogP contribution in [0, 0.1) is 11.8 Å². The molecular weight excluding hydrogens is 288 g/mol. The summed E-state index contributed by atoms with van der Waals surface area (Å²) in [5.74, 6) is 5.20. The van der Waals surface area contributed by atoms with Gasteiger partial charge in [0.1, 0.15) is 6.04 Å². The maximum Gasteiger partial charge on any atom is 0.262 e. The van der Waals surface area contributed by atoms with E-state index in [0.717, 1.165) is 11.3 Å². The first-order valence-corrected chi connectivity index (χ1v) is 7.68. The summed E-state index contributed by atoms with van der Waals surface area (Å²) in [5.41, 5.74) is 0. The second kappa shape index (κ2) is 9.16. The molecule has 0 bridgehead atoms. The highest BCUT2D eigenvalue weighted by molar-refractivity contribution is 7.14. The Morgan fingerprint density at radius 1 is 1.43 bits per heavy atom. The standard InChI is InChI=1S/C15H20N2O3S/c1-3-9-16-14(19)11(2)17-15(20)13-8-7-12(21-13)6-4-5-10-18/h7-8,11,18H,3,5,9-10H2,1-2H3,(H,16,19)(H,17,20). The van der Waals surface area contributed by atoms with E-state index in [-0.39, 0.29) is 18.4 Å². The highest BCUT2D eigenvalue weighted by Gasteiger charge is 2.17. The number of nitrogens with one attached hydrogen (secondary N) is 2. The van der Waals surface area contributed by atoms with Crippen molar-refractivity contribution in [1.29, 1.82) is 0 Å². The van der Waals surface area contributed by atoms with E-state index in [4.69, 9.17) is 5.11 Å². The molecule has 1 unspecified atom stereocenters. The van der Waals surface area contributed by atoms with Gasteiger partial charge in [0.05, 0.1) is 16.4 Å². The molecular formula is C15H20N2O3S. The summed E-state index contributed by atoms with van der Waals surface area (Å²) in [6.07, 6.45) is 1.27. The summed E-state index contributed by atoms with van der Waals surface area (Å²) in [6.45, 7) is 4.24. The summed E-state index contributed by atoms with van der Waals surface area (Å²) >= 11 is 1.26. The van der Waals surface area contributed by atoms with Crippen LogP contribution in [0.25, 0.3) is 0 Å². The van der Waals surface area contributed by atoms with E-state index in [9.17, 15) is 9.59 Å². The fourth-order valence-corrected chi connectivity index (χ4v) is 2.25. The molecule has 6 heteroatoms. The van der Waals surface area contributed by atoms with Crippen molar-refractivity contribution in [3.63, 3.8) is 0 Å². The van der Waals surface area contributed by atoms with Crippen LogP contribution in [0.2, 0.25) is 0 Å². The van der Waals surface area contributed by atoms with E-state index >= 15 is 0 Å². The molecule has 2 amide bonds. The number of amides is 2. The van der Waals surface area contributed by atoms with Crippen molar-refractivity contribution in [2.24, 2.45) is 0 Å². The van der Waals surface area contributed by atoms with Crippen LogP contribution in [0.4, 0.5) is 0 Å². The van der Waals surface area contributed by atoms with Crippen LogP contribution in [0.15, 0.2) is 12.1 Å². The van der Waals surface area contributed by atoms with E-state index in [2.05, 4.69) is 22.5 Å². The van der Waals surface area contributed by atoms with E-state index in [0.29, 0.717) is 17.8 Å². The van der Waals surface area contributed by atoms with Gasteiger partial charge in [-0.05, 0) is 25.5 Å². The van der Waals surface area contributed by atoms with Gasteiger partial charge >= 0.3 is 0 Å². The summed E-state index contributed by atoms with van der Waals surface area (Å²) < 4.78 is 0. The largest absolute Gasteiger partial charge is 0.395 e. The van der Waals surface area contributed by atoms with E-state index < -0.39 is 6.04 Å². The molecule has 1 heterocycles. The Hall–Kier alpha value is -1.84. The lowest BCUT2D eigenvalue weighted by Gasteiger charge is -2.12. The van der Waals surface area contributed by atoms with Gasteiger partial charge in [-0.2, -0.15) is 0 Å². The van der Waals surface area contributed by atoms with Crippen molar-refractivity contribution >= 4 is 23.2 Å². The predicted octanol–water partition coefficient (Wildman–Crippen LogP) is 1.13. The van der Waals surface area contributed by atoms with Crippen LogP contribution in [0.5, 0.6) is 0 Å². The van der Waals surface area contributed by atoms with Crippen molar-refractivity contribution in [1.82, 2.24) is 10.6 Å². The fourth-order valence-electron chi connectivity index (χ4n) is 1.47. The van der Waals surface area contributed by atoms with Gasteiger partial charge in [-0.1, -0.05) is 18.8 Å². The Kier molecular flexibility index (Phi) is 7.51. The average Bonchev–Trinajstić information content (AvgIpc) is 2.93. The molecule has 0 aliphatic carbocycles. The molecule has 0 radical (unpaired) electrons. The molecule has 114 valence electrons. The van der Waals surface area contributed by atoms with Crippen LogP contribution < -0.4 is 10.6 Å². The third-order valence-electron chi connectivity index (χ3n) is 2.57. The number of rotatable bonds is 6. The van der Waals surface area contributed by atoms with Crippen molar-refractivity contribution < 1.29 is 14.7 Å². The molecule has 5 nitrogen and oxygen atoms in total. The molecule has 0 aromatic carbocycles. The molecule has 0 aliphatic rings. The Balaban J connectivity index is 2.56. The third-order valence-corrected chi connectivity index (χ3v) is 3.57. The van der Waals surface area contributed by atoms with Gasteiger partial charge in [0.25, 0.3) is 5.91 Å². The summed E-state index contributed by atoms with van der Waals surface area (Å²) in [4.78, 5) is 25.0. The molecule has 0 spiro atoms. The average molecular weight is 308 g/mol. The molecule has 1 aromatic heterocycles. The van der Waals surface area contributed by atoms with Crippen LogP contribution in [-0.2, 0) is 4.79 Å². The molecule has 1 aromatic rings. The van der Waals surface area contributed by atoms with Gasteiger partial charge in [0.15, 0.2) is 0 Å². The zero-order chi connectivity index (χ0) is 15.7. The molecule has 0 saturated carbocycles. The van der Waals surface area contributed by atoms with E-state index in [1.165, 1.54) is 11.3 Å². The number of hydrogen-bond donors (Lipinski definition) is 3. The quantitative estimate of drug-likeness (QED) is 0.689. The molecule has 21 heavy (non-hydrogen) atoms. The Bertz CT molecular complexity index is 543. The number of hydrogen-bond acceptors (Lipinski definition) is 4. The van der Waals surface area contributed by atoms with Crippen molar-refractivity contribution in [2.75, 3.05) is 13.2 Å². The van der Waals surface area contributed by atoms with Gasteiger partial charge in [0.2, 0.25) is 5.91 Å². The first kappa shape index (κ1) is 17.2. The number of carbonyl (C=O) groups excluding carboxylic acids is 2. The number of carbonyl (C=O) groups is 2. The summed E-state index contributed by atoms with van der Waals surface area (Å²) in [7, 11) is 0. The Morgan fingerprint density at radius 3 is 2.86 bits per heavy atom. The van der Waals surface area contributed by atoms with Crippen molar-refractivity contribution in [3.8, 4) is 11.8 Å². The maximum absolute atomic E-state index is 12.0. The zero-order valence-electron chi connectivity index (χ0n) is 12.2. The molecule has 3 N–H and O–H groups in total. The highest BCUT2D eigenvalue weighted by Crippen LogP contribution is 2.15. The maximum atomic E-state index is 12.0. The highest BCUT2D eigenvalue weighted by atomic mass is 32.1. The van der Waals surface area contributed by atoms with Gasteiger partial charge in [-0.25, -0.2) is 0 Å². The van der Waals surface area contributed by atoms with Crippen LogP contribution in [0.1, 0.15) is 41.2 Å². The number of aliphatic hydroxyl groups excluding tert-OH is 1. The minimum atomic E-state index is -0.574. The topological polar surface area (TPSA) is 78.4 Å². The monoisotopic (exact) mass is 308 g/mol. The van der Waals surface area contributed by atoms with Crippen molar-refractivity contribution in [2.45, 2.75) is 32.7 Å². The SMILES string of the molecule is CCCNC(=O)C(C)NC(=O)c1ccc(C#CCCO)s1. The predicted molar refractivity (Wildman–Crippen MR) is 83.1 cm³/mol. The third kappa shape index (κ3) is 5.98. The van der Waals surface area contributed by atoms with Crippen LogP contribution in [-0.4, -0.2) is 36.1 Å². The van der Waals surface area contributed by atoms with Gasteiger partial charge in [-0.15, -0.1) is 11.3 Å². The second-order valence-corrected chi connectivity index (χ2v) is 5.51. The molecule has 1 rings (SSSR count). The lowest BCUT2D eigenvalue weighted by atomic mass is 10.3. The molecule has 0 fully saturated rings. The zero-order valence-corrected chi connectivity index (χ0v) is 13.0.